The highest BCUT2D eigenvalue weighted by Crippen LogP contribution is 2.34. The molecule has 1 aliphatic heterocycles. The van der Waals surface area contributed by atoms with Gasteiger partial charge in [0.2, 0.25) is 15.9 Å². The van der Waals surface area contributed by atoms with Gasteiger partial charge in [-0.15, -0.1) is 0 Å². The lowest BCUT2D eigenvalue weighted by Crippen LogP contribution is -2.52. The molecule has 3 aromatic carbocycles. The summed E-state index contributed by atoms with van der Waals surface area (Å²) in [5.41, 5.74) is 3.15. The fourth-order valence-electron chi connectivity index (χ4n) is 4.52. The average molecular weight is 509 g/mol. The Morgan fingerprint density at radius 3 is 2.33 bits per heavy atom. The second-order valence-corrected chi connectivity index (χ2v) is 10.7. The van der Waals surface area contributed by atoms with E-state index in [1.807, 2.05) is 42.5 Å². The zero-order chi connectivity index (χ0) is 25.5. The van der Waals surface area contributed by atoms with Gasteiger partial charge in [0.1, 0.15) is 6.04 Å². The highest BCUT2D eigenvalue weighted by atomic mass is 32.2. The number of benzene rings is 3. The van der Waals surface area contributed by atoms with E-state index in [0.29, 0.717) is 24.5 Å². The Bertz CT molecular complexity index is 1290. The number of hydrogen-bond donors (Lipinski definition) is 1. The van der Waals surface area contributed by atoms with Crippen LogP contribution in [0.25, 0.3) is 0 Å². The Morgan fingerprint density at radius 1 is 0.917 bits per heavy atom. The minimum Gasteiger partial charge on any atom is -0.493 e. The van der Waals surface area contributed by atoms with E-state index in [1.54, 1.807) is 6.07 Å². The summed E-state index contributed by atoms with van der Waals surface area (Å²) >= 11 is 0. The Hall–Kier alpha value is -3.36. The van der Waals surface area contributed by atoms with Crippen molar-refractivity contribution in [2.24, 2.45) is 0 Å². The van der Waals surface area contributed by atoms with Gasteiger partial charge in [0.05, 0.1) is 19.1 Å². The van der Waals surface area contributed by atoms with E-state index in [4.69, 9.17) is 9.47 Å². The molecule has 0 spiro atoms. The van der Waals surface area contributed by atoms with Gasteiger partial charge in [-0.2, -0.15) is 4.31 Å². The van der Waals surface area contributed by atoms with E-state index in [0.717, 1.165) is 30.4 Å². The summed E-state index contributed by atoms with van der Waals surface area (Å²) in [5.74, 6) is 0.467. The van der Waals surface area contributed by atoms with Gasteiger partial charge >= 0.3 is 0 Å². The van der Waals surface area contributed by atoms with Crippen molar-refractivity contribution >= 4 is 15.9 Å². The summed E-state index contributed by atoms with van der Waals surface area (Å²) in [7, 11) is -1.04. The van der Waals surface area contributed by atoms with E-state index in [2.05, 4.69) is 17.4 Å². The molecule has 0 aliphatic carbocycles. The number of methoxy groups -OCH3 is 2. The van der Waals surface area contributed by atoms with Crippen molar-refractivity contribution in [3.8, 4) is 11.5 Å². The van der Waals surface area contributed by atoms with E-state index in [9.17, 15) is 13.2 Å². The molecule has 1 atom stereocenters. The molecule has 0 bridgehead atoms. The monoisotopic (exact) mass is 508 g/mol. The predicted molar refractivity (Wildman–Crippen MR) is 139 cm³/mol. The van der Waals surface area contributed by atoms with Crippen molar-refractivity contribution in [1.29, 1.82) is 0 Å². The first-order valence-corrected chi connectivity index (χ1v) is 13.5. The molecule has 0 unspecified atom stereocenters. The van der Waals surface area contributed by atoms with Crippen LogP contribution in [0.15, 0.2) is 77.7 Å². The molecule has 8 heteroatoms. The molecule has 7 nitrogen and oxygen atoms in total. The lowest BCUT2D eigenvalue weighted by atomic mass is 9.95. The van der Waals surface area contributed by atoms with Crippen molar-refractivity contribution in [3.05, 3.63) is 89.5 Å². The quantitative estimate of drug-likeness (QED) is 0.419. The topological polar surface area (TPSA) is 84.9 Å². The second kappa shape index (κ2) is 11.6. The third kappa shape index (κ3) is 5.71. The molecule has 190 valence electrons. The van der Waals surface area contributed by atoms with Gasteiger partial charge in [-0.3, -0.25) is 4.79 Å². The first-order chi connectivity index (χ1) is 17.4. The van der Waals surface area contributed by atoms with Crippen molar-refractivity contribution in [2.45, 2.75) is 43.2 Å². The molecule has 1 heterocycles. The number of amides is 1. The molecule has 4 rings (SSSR count). The lowest BCUT2D eigenvalue weighted by Gasteiger charge is -2.35. The number of ether oxygens (including phenoxy) is 2. The number of sulfonamides is 1. The van der Waals surface area contributed by atoms with Crippen molar-refractivity contribution < 1.29 is 22.7 Å². The van der Waals surface area contributed by atoms with Crippen LogP contribution >= 0.6 is 0 Å². The number of nitrogens with one attached hydrogen (secondary N) is 1. The highest BCUT2D eigenvalue weighted by Gasteiger charge is 2.39. The predicted octanol–water partition coefficient (Wildman–Crippen LogP) is 3.96. The van der Waals surface area contributed by atoms with Gasteiger partial charge < -0.3 is 14.8 Å². The maximum Gasteiger partial charge on any atom is 0.244 e. The summed E-state index contributed by atoms with van der Waals surface area (Å²) in [6.45, 7) is 0.618. The Labute approximate surface area is 213 Å². The summed E-state index contributed by atoms with van der Waals surface area (Å²) in [5, 5.41) is 2.97. The zero-order valence-electron chi connectivity index (χ0n) is 20.6. The first-order valence-electron chi connectivity index (χ1n) is 12.1. The normalized spacial score (nSPS) is 15.7. The fraction of sp³-hybridized carbons (Fsp3) is 0.321. The molecular formula is C28H32N2O5S. The Balaban J connectivity index is 1.51. The van der Waals surface area contributed by atoms with Gasteiger partial charge in [0, 0.05) is 19.2 Å². The van der Waals surface area contributed by atoms with E-state index >= 15 is 0 Å². The van der Waals surface area contributed by atoms with Crippen LogP contribution in [0.3, 0.4) is 0 Å². The minimum absolute atomic E-state index is 0.0557. The lowest BCUT2D eigenvalue weighted by molar-refractivity contribution is -0.125. The van der Waals surface area contributed by atoms with Crippen LogP contribution in [0.5, 0.6) is 11.5 Å². The number of carbonyl (C=O) groups is 1. The molecule has 1 amide bonds. The molecule has 3 aromatic rings. The van der Waals surface area contributed by atoms with Gasteiger partial charge in [-0.25, -0.2) is 8.42 Å². The number of nitrogens with zero attached hydrogens (tertiary/aromatic N) is 1. The van der Waals surface area contributed by atoms with Crippen LogP contribution in [0.2, 0.25) is 0 Å². The largest absolute Gasteiger partial charge is 0.493 e. The highest BCUT2D eigenvalue weighted by molar-refractivity contribution is 7.89. The van der Waals surface area contributed by atoms with Crippen LogP contribution in [0.4, 0.5) is 0 Å². The molecule has 1 aliphatic rings. The number of rotatable bonds is 10. The molecule has 1 N–H and O–H groups in total. The number of hydrogen-bond acceptors (Lipinski definition) is 5. The third-order valence-electron chi connectivity index (χ3n) is 6.50. The van der Waals surface area contributed by atoms with Gasteiger partial charge in [0.15, 0.2) is 11.5 Å². The molecular weight excluding hydrogens is 476 g/mol. The van der Waals surface area contributed by atoms with Crippen molar-refractivity contribution in [1.82, 2.24) is 9.62 Å². The average Bonchev–Trinajstić information content (AvgIpc) is 2.92. The number of aryl methyl sites for hydroxylation is 1. The van der Waals surface area contributed by atoms with E-state index in [-0.39, 0.29) is 17.3 Å². The van der Waals surface area contributed by atoms with Gasteiger partial charge in [-0.05, 0) is 54.5 Å². The Morgan fingerprint density at radius 2 is 1.61 bits per heavy atom. The third-order valence-corrected chi connectivity index (χ3v) is 8.35. The standard InChI is InChI=1S/C28H32N2O5S/c1-34-26-16-15-24(19-27(26)35-2)36(32,33)30-20-23-14-7-6-13-22(23)18-25(30)28(31)29-17-9-8-12-21-10-4-3-5-11-21/h3-7,10-11,13-16,19,25H,8-9,12,17-18,20H2,1-2H3,(H,29,31)/t25-/m1/s1. The summed E-state index contributed by atoms with van der Waals surface area (Å²) in [6, 6.07) is 21.5. The minimum atomic E-state index is -3.99. The fourth-order valence-corrected chi connectivity index (χ4v) is 6.10. The zero-order valence-corrected chi connectivity index (χ0v) is 21.5. The number of unbranched alkanes of at least 4 members (excludes halogenated alkanes) is 1. The van der Waals surface area contributed by atoms with Crippen LogP contribution in [0.1, 0.15) is 29.5 Å². The maximum absolute atomic E-state index is 13.8. The molecule has 0 radical (unpaired) electrons. The smallest absolute Gasteiger partial charge is 0.244 e. The molecule has 36 heavy (non-hydrogen) atoms. The van der Waals surface area contributed by atoms with E-state index in [1.165, 1.54) is 36.2 Å². The van der Waals surface area contributed by atoms with Crippen molar-refractivity contribution in [3.63, 3.8) is 0 Å². The summed E-state index contributed by atoms with van der Waals surface area (Å²) in [4.78, 5) is 13.3. The molecule has 0 saturated heterocycles. The SMILES string of the molecule is COc1ccc(S(=O)(=O)N2Cc3ccccc3C[C@@H]2C(=O)NCCCCc2ccccc2)cc1OC. The van der Waals surface area contributed by atoms with Gasteiger partial charge in [0.25, 0.3) is 0 Å². The molecule has 0 aromatic heterocycles. The maximum atomic E-state index is 13.8. The number of carbonyl (C=O) groups excluding carboxylic acids is 1. The summed E-state index contributed by atoms with van der Waals surface area (Å²) < 4.78 is 39.4. The van der Waals surface area contributed by atoms with Crippen LogP contribution in [0, 0.1) is 0 Å². The first kappa shape index (κ1) is 25.7. The Kier molecular flexibility index (Phi) is 8.28. The van der Waals surface area contributed by atoms with Crippen LogP contribution in [-0.4, -0.2) is 45.4 Å². The molecule has 0 fully saturated rings. The van der Waals surface area contributed by atoms with Crippen LogP contribution < -0.4 is 14.8 Å². The number of fused-ring (bicyclic) bond motifs is 1. The van der Waals surface area contributed by atoms with E-state index < -0.39 is 16.1 Å². The van der Waals surface area contributed by atoms with Crippen LogP contribution in [-0.2, 0) is 34.2 Å². The van der Waals surface area contributed by atoms with Gasteiger partial charge in [-0.1, -0.05) is 54.6 Å². The second-order valence-electron chi connectivity index (χ2n) is 8.79. The molecule has 0 saturated carbocycles. The summed E-state index contributed by atoms with van der Waals surface area (Å²) in [6.07, 6.45) is 3.00. The van der Waals surface area contributed by atoms with Crippen molar-refractivity contribution in [2.75, 3.05) is 20.8 Å².